The normalized spacial score (nSPS) is 13.5. The van der Waals surface area contributed by atoms with Gasteiger partial charge in [-0.1, -0.05) is 45.0 Å². The van der Waals surface area contributed by atoms with Crippen molar-refractivity contribution in [2.75, 3.05) is 6.26 Å². The van der Waals surface area contributed by atoms with Crippen LogP contribution in [0.4, 0.5) is 0 Å². The van der Waals surface area contributed by atoms with Crippen LogP contribution in [0.3, 0.4) is 0 Å². The van der Waals surface area contributed by atoms with Crippen LogP contribution in [0.2, 0.25) is 0 Å². The van der Waals surface area contributed by atoms with Gasteiger partial charge >= 0.3 is 0 Å². The van der Waals surface area contributed by atoms with Crippen molar-refractivity contribution < 1.29 is 4.21 Å². The van der Waals surface area contributed by atoms with Crippen molar-refractivity contribution in [1.82, 2.24) is 19.3 Å². The maximum Gasteiger partial charge on any atom is 0.291 e. The summed E-state index contributed by atoms with van der Waals surface area (Å²) in [5.74, 6) is 0. The van der Waals surface area contributed by atoms with E-state index in [0.29, 0.717) is 22.0 Å². The Hall–Kier alpha value is -2.32. The van der Waals surface area contributed by atoms with Crippen LogP contribution in [0.25, 0.3) is 21.3 Å². The summed E-state index contributed by atoms with van der Waals surface area (Å²) < 4.78 is 16.4. The minimum atomic E-state index is -1.15. The number of nitrogens with zero attached hydrogens (tertiary/aromatic N) is 4. The van der Waals surface area contributed by atoms with Crippen LogP contribution in [0, 0.1) is 0 Å². The third-order valence-corrected chi connectivity index (χ3v) is 7.29. The summed E-state index contributed by atoms with van der Waals surface area (Å²) in [6.07, 6.45) is 3.32. The van der Waals surface area contributed by atoms with Gasteiger partial charge in [-0.3, -0.25) is 9.00 Å². The van der Waals surface area contributed by atoms with Crippen LogP contribution < -0.4 is 5.56 Å². The quantitative estimate of drug-likeness (QED) is 0.515. The predicted octanol–water partition coefficient (Wildman–Crippen LogP) is 3.43. The molecule has 0 bridgehead atoms. The highest BCUT2D eigenvalue weighted by Gasteiger charge is 2.19. The van der Waals surface area contributed by atoms with Crippen molar-refractivity contribution in [3.63, 3.8) is 0 Å². The lowest BCUT2D eigenvalue weighted by molar-refractivity contribution is 0.586. The summed E-state index contributed by atoms with van der Waals surface area (Å²) in [6, 6.07) is 8.28. The fraction of sp³-hybridized carbons (Fsp3) is 0.350. The fourth-order valence-corrected chi connectivity index (χ4v) is 5.09. The van der Waals surface area contributed by atoms with Gasteiger partial charge in [-0.05, 0) is 16.5 Å². The number of fused-ring (bicyclic) bond motifs is 3. The molecule has 6 nitrogen and oxygen atoms in total. The van der Waals surface area contributed by atoms with E-state index in [0.717, 1.165) is 15.6 Å². The van der Waals surface area contributed by atoms with Gasteiger partial charge in [0.15, 0.2) is 9.99 Å². The zero-order chi connectivity index (χ0) is 20.2. The van der Waals surface area contributed by atoms with Gasteiger partial charge in [0.1, 0.15) is 5.52 Å². The number of hydrogen-bond acceptors (Lipinski definition) is 5. The number of hydrogen-bond donors (Lipinski definition) is 0. The Kier molecular flexibility index (Phi) is 4.50. The van der Waals surface area contributed by atoms with Crippen LogP contribution in [-0.2, 0) is 29.8 Å². The predicted molar refractivity (Wildman–Crippen MR) is 115 cm³/mol. The second-order valence-corrected chi connectivity index (χ2v) is 10.5. The van der Waals surface area contributed by atoms with Gasteiger partial charge in [-0.25, -0.2) is 9.67 Å². The summed E-state index contributed by atoms with van der Waals surface area (Å²) in [7, 11) is 0.671. The molecule has 0 N–H and O–H groups in total. The Morgan fingerprint density at radius 2 is 2.00 bits per heavy atom. The van der Waals surface area contributed by atoms with Crippen molar-refractivity contribution in [1.29, 1.82) is 0 Å². The highest BCUT2D eigenvalue weighted by molar-refractivity contribution is 7.86. The molecule has 0 spiro atoms. The molecule has 4 rings (SSSR count). The van der Waals surface area contributed by atoms with E-state index in [-0.39, 0.29) is 11.0 Å². The molecule has 3 aromatic heterocycles. The van der Waals surface area contributed by atoms with Crippen LogP contribution in [0.5, 0.6) is 0 Å². The van der Waals surface area contributed by atoms with Crippen molar-refractivity contribution in [3.05, 3.63) is 51.9 Å². The minimum absolute atomic E-state index is 0.0452. The molecule has 3 heterocycles. The third kappa shape index (κ3) is 3.10. The summed E-state index contributed by atoms with van der Waals surface area (Å²) in [5, 5.41) is 5.17. The molecule has 0 fully saturated rings. The van der Waals surface area contributed by atoms with Gasteiger partial charge < -0.3 is 4.57 Å². The van der Waals surface area contributed by atoms with Gasteiger partial charge in [0.05, 0.1) is 28.2 Å². The molecule has 0 saturated heterocycles. The maximum absolute atomic E-state index is 13.1. The fourth-order valence-electron chi connectivity index (χ4n) is 3.32. The topological polar surface area (TPSA) is 69.8 Å². The maximum atomic E-state index is 13.1. The van der Waals surface area contributed by atoms with E-state index in [1.54, 1.807) is 17.0 Å². The molecule has 0 saturated carbocycles. The van der Waals surface area contributed by atoms with Crippen molar-refractivity contribution in [2.45, 2.75) is 37.1 Å². The number of rotatable bonds is 3. The Morgan fingerprint density at radius 3 is 2.68 bits per heavy atom. The lowest BCUT2D eigenvalue weighted by Gasteiger charge is -2.19. The van der Waals surface area contributed by atoms with E-state index in [1.165, 1.54) is 21.6 Å². The van der Waals surface area contributed by atoms with Crippen LogP contribution in [0.1, 0.15) is 31.9 Å². The van der Waals surface area contributed by atoms with Gasteiger partial charge in [-0.2, -0.15) is 5.10 Å². The van der Waals surface area contributed by atoms with Crippen molar-refractivity contribution >= 4 is 43.4 Å². The summed E-state index contributed by atoms with van der Waals surface area (Å²) in [5.41, 5.74) is 3.41. The standard InChI is InChI=1S/C20H22N4O2S2/c1-20(2,3)13-8-6-7-12(9-13)11-24-18(25)15-14(10-21-24)16-17(23(15)4)22-19(27-16)28(5)26/h6-10H,11H2,1-5H3. The Morgan fingerprint density at radius 1 is 1.25 bits per heavy atom. The highest BCUT2D eigenvalue weighted by Crippen LogP contribution is 2.31. The van der Waals surface area contributed by atoms with Gasteiger partial charge in [0.25, 0.3) is 5.56 Å². The molecule has 0 amide bonds. The van der Waals surface area contributed by atoms with Crippen molar-refractivity contribution in [3.8, 4) is 0 Å². The molecule has 1 atom stereocenters. The van der Waals surface area contributed by atoms with Crippen LogP contribution in [0.15, 0.2) is 39.6 Å². The molecule has 1 aromatic carbocycles. The molecule has 0 aliphatic rings. The van der Waals surface area contributed by atoms with E-state index >= 15 is 0 Å². The second-order valence-electron chi connectivity index (χ2n) is 7.97. The Labute approximate surface area is 169 Å². The van der Waals surface area contributed by atoms with E-state index in [9.17, 15) is 9.00 Å². The van der Waals surface area contributed by atoms with E-state index in [1.807, 2.05) is 19.2 Å². The summed E-state index contributed by atoms with van der Waals surface area (Å²) in [4.78, 5) is 17.6. The Bertz CT molecular complexity index is 1290. The van der Waals surface area contributed by atoms with Gasteiger partial charge in [0, 0.05) is 18.7 Å². The van der Waals surface area contributed by atoms with E-state index in [2.05, 4.69) is 43.0 Å². The molecular formula is C20H22N4O2S2. The number of aromatic nitrogens is 4. The van der Waals surface area contributed by atoms with Crippen molar-refractivity contribution in [2.24, 2.45) is 7.05 Å². The Balaban J connectivity index is 1.82. The lowest BCUT2D eigenvalue weighted by atomic mass is 9.86. The molecule has 28 heavy (non-hydrogen) atoms. The van der Waals surface area contributed by atoms with E-state index in [4.69, 9.17) is 0 Å². The molecular weight excluding hydrogens is 392 g/mol. The average Bonchev–Trinajstić information content (AvgIpc) is 3.17. The molecule has 146 valence electrons. The van der Waals surface area contributed by atoms with Gasteiger partial charge in [-0.15, -0.1) is 11.3 Å². The number of benzene rings is 1. The zero-order valence-corrected chi connectivity index (χ0v) is 18.1. The van der Waals surface area contributed by atoms with E-state index < -0.39 is 10.8 Å². The minimum Gasteiger partial charge on any atom is -0.323 e. The first kappa shape index (κ1) is 19.0. The summed E-state index contributed by atoms with van der Waals surface area (Å²) in [6.45, 7) is 6.92. The smallest absolute Gasteiger partial charge is 0.291 e. The number of aryl methyl sites for hydroxylation is 1. The summed E-state index contributed by atoms with van der Waals surface area (Å²) >= 11 is 1.36. The molecule has 1 unspecified atom stereocenters. The highest BCUT2D eigenvalue weighted by atomic mass is 32.2. The molecule has 0 radical (unpaired) electrons. The first-order valence-electron chi connectivity index (χ1n) is 8.94. The SMILES string of the molecule is Cn1c2nc(S(C)=O)sc2c2cnn(Cc3cccc(C(C)(C)C)c3)c(=O)c21. The first-order valence-corrected chi connectivity index (χ1v) is 11.3. The average molecular weight is 415 g/mol. The molecule has 8 heteroatoms. The second kappa shape index (κ2) is 6.63. The largest absolute Gasteiger partial charge is 0.323 e. The third-order valence-electron chi connectivity index (χ3n) is 4.88. The van der Waals surface area contributed by atoms with Crippen LogP contribution >= 0.6 is 11.3 Å². The number of thiazole rings is 1. The zero-order valence-electron chi connectivity index (χ0n) is 16.5. The monoisotopic (exact) mass is 414 g/mol. The molecule has 4 aromatic rings. The van der Waals surface area contributed by atoms with Gasteiger partial charge in [0.2, 0.25) is 0 Å². The first-order chi connectivity index (χ1) is 13.2. The lowest BCUT2D eigenvalue weighted by Crippen LogP contribution is -2.24. The molecule has 0 aliphatic heterocycles. The van der Waals surface area contributed by atoms with Crippen LogP contribution in [-0.4, -0.2) is 29.8 Å². The molecule has 0 aliphatic carbocycles.